The number of rotatable bonds is 5. The lowest BCUT2D eigenvalue weighted by molar-refractivity contribution is 0.0454. The van der Waals surface area contributed by atoms with Gasteiger partial charge in [-0.25, -0.2) is 4.79 Å². The highest BCUT2D eigenvalue weighted by molar-refractivity contribution is 5.68. The molecule has 0 radical (unpaired) electrons. The second kappa shape index (κ2) is 7.65. The summed E-state index contributed by atoms with van der Waals surface area (Å²) in [6.45, 7) is 5.27. The largest absolute Gasteiger partial charge is 0.444 e. The first-order valence-corrected chi connectivity index (χ1v) is 6.93. The lowest BCUT2D eigenvalue weighted by Crippen LogP contribution is -2.45. The molecule has 0 aliphatic carbocycles. The average molecular weight is 290 g/mol. The summed E-state index contributed by atoms with van der Waals surface area (Å²) < 4.78 is 5.14. The molecule has 5 heteroatoms. The van der Waals surface area contributed by atoms with E-state index in [-0.39, 0.29) is 0 Å². The highest BCUT2D eigenvalue weighted by Crippen LogP contribution is 2.10. The second-order valence-electron chi connectivity index (χ2n) is 5.85. The fourth-order valence-corrected chi connectivity index (χ4v) is 1.82. The maximum atomic E-state index is 11.7. The topological polar surface area (TPSA) is 82.3 Å². The molecule has 21 heavy (non-hydrogen) atoms. The van der Waals surface area contributed by atoms with Crippen LogP contribution >= 0.6 is 0 Å². The zero-order chi connectivity index (χ0) is 15.9. The molecule has 0 heterocycles. The van der Waals surface area contributed by atoms with E-state index in [0.717, 1.165) is 5.56 Å². The standard InChI is InChI=1S/C16H22N2O3/c1-16(2,3)21-15(20)18-13(14(19)11-17)10-9-12-7-5-4-6-8-12/h4-8,13-14,19H,9-10H2,1-3H3,(H,18,20)/t13-,14?/m0/s1. The molecule has 0 aliphatic heterocycles. The average Bonchev–Trinajstić information content (AvgIpc) is 2.41. The van der Waals surface area contributed by atoms with E-state index in [0.29, 0.717) is 12.8 Å². The van der Waals surface area contributed by atoms with Crippen molar-refractivity contribution in [1.82, 2.24) is 5.32 Å². The van der Waals surface area contributed by atoms with Crippen molar-refractivity contribution in [3.63, 3.8) is 0 Å². The van der Waals surface area contributed by atoms with Gasteiger partial charge in [-0.2, -0.15) is 5.26 Å². The quantitative estimate of drug-likeness (QED) is 0.816. The molecule has 0 spiro atoms. The molecular weight excluding hydrogens is 268 g/mol. The van der Waals surface area contributed by atoms with Crippen LogP contribution in [-0.2, 0) is 11.2 Å². The van der Waals surface area contributed by atoms with Crippen LogP contribution in [0.15, 0.2) is 30.3 Å². The second-order valence-corrected chi connectivity index (χ2v) is 5.85. The first-order valence-electron chi connectivity index (χ1n) is 6.93. The molecule has 1 amide bonds. The van der Waals surface area contributed by atoms with E-state index in [1.54, 1.807) is 26.8 Å². The fourth-order valence-electron chi connectivity index (χ4n) is 1.82. The number of aryl methyl sites for hydroxylation is 1. The van der Waals surface area contributed by atoms with E-state index in [1.807, 2.05) is 30.3 Å². The number of benzene rings is 1. The Morgan fingerprint density at radius 2 is 2.00 bits per heavy atom. The number of hydrogen-bond donors (Lipinski definition) is 2. The van der Waals surface area contributed by atoms with Crippen LogP contribution in [0.1, 0.15) is 32.8 Å². The molecule has 5 nitrogen and oxygen atoms in total. The molecule has 0 fully saturated rings. The molecule has 0 aliphatic rings. The van der Waals surface area contributed by atoms with Gasteiger partial charge in [-0.1, -0.05) is 30.3 Å². The van der Waals surface area contributed by atoms with E-state index in [9.17, 15) is 9.90 Å². The van der Waals surface area contributed by atoms with Gasteiger partial charge in [-0.3, -0.25) is 0 Å². The number of hydrogen-bond acceptors (Lipinski definition) is 4. The van der Waals surface area contributed by atoms with Crippen molar-refractivity contribution in [1.29, 1.82) is 5.26 Å². The van der Waals surface area contributed by atoms with Gasteiger partial charge in [0, 0.05) is 0 Å². The first kappa shape index (κ1) is 17.0. The van der Waals surface area contributed by atoms with Crippen LogP contribution < -0.4 is 5.32 Å². The Bertz CT molecular complexity index is 488. The minimum Gasteiger partial charge on any atom is -0.444 e. The van der Waals surface area contributed by atoms with Crippen LogP contribution in [0.5, 0.6) is 0 Å². The zero-order valence-corrected chi connectivity index (χ0v) is 12.7. The third-order valence-electron chi connectivity index (χ3n) is 2.80. The predicted octanol–water partition coefficient (Wildman–Crippen LogP) is 2.40. The summed E-state index contributed by atoms with van der Waals surface area (Å²) >= 11 is 0. The summed E-state index contributed by atoms with van der Waals surface area (Å²) in [5.74, 6) is 0. The van der Waals surface area contributed by atoms with Gasteiger partial charge in [-0.15, -0.1) is 0 Å². The molecule has 2 N–H and O–H groups in total. The molecule has 1 rings (SSSR count). The van der Waals surface area contributed by atoms with E-state index in [1.165, 1.54) is 0 Å². The lowest BCUT2D eigenvalue weighted by Gasteiger charge is -2.24. The van der Waals surface area contributed by atoms with Gasteiger partial charge < -0.3 is 15.2 Å². The molecule has 0 bridgehead atoms. The van der Waals surface area contributed by atoms with E-state index in [4.69, 9.17) is 10.00 Å². The van der Waals surface area contributed by atoms with Gasteiger partial charge in [0.2, 0.25) is 0 Å². The van der Waals surface area contributed by atoms with Gasteiger partial charge >= 0.3 is 6.09 Å². The minimum absolute atomic E-state index is 0.456. The Balaban J connectivity index is 2.60. The zero-order valence-electron chi connectivity index (χ0n) is 12.7. The molecule has 0 aromatic heterocycles. The number of alkyl carbamates (subject to hydrolysis) is 1. The van der Waals surface area contributed by atoms with Gasteiger partial charge in [0.05, 0.1) is 12.1 Å². The van der Waals surface area contributed by atoms with Crippen molar-refractivity contribution >= 4 is 6.09 Å². The molecule has 0 saturated carbocycles. The normalized spacial score (nSPS) is 13.9. The van der Waals surface area contributed by atoms with Crippen LogP contribution in [-0.4, -0.2) is 28.9 Å². The number of nitrogens with zero attached hydrogens (tertiary/aromatic N) is 1. The Labute approximate surface area is 125 Å². The summed E-state index contributed by atoms with van der Waals surface area (Å²) in [4.78, 5) is 11.7. The summed E-state index contributed by atoms with van der Waals surface area (Å²) in [5.41, 5.74) is 0.463. The summed E-state index contributed by atoms with van der Waals surface area (Å²) in [6.07, 6.45) is -0.783. The van der Waals surface area contributed by atoms with Crippen molar-refractivity contribution in [3.8, 4) is 6.07 Å². The van der Waals surface area contributed by atoms with Crippen molar-refractivity contribution in [2.45, 2.75) is 51.4 Å². The molecular formula is C16H22N2O3. The number of ether oxygens (including phenoxy) is 1. The summed E-state index contributed by atoms with van der Waals surface area (Å²) in [7, 11) is 0. The Morgan fingerprint density at radius 3 is 2.52 bits per heavy atom. The smallest absolute Gasteiger partial charge is 0.407 e. The number of nitrogens with one attached hydrogen (secondary N) is 1. The fraction of sp³-hybridized carbons (Fsp3) is 0.500. The van der Waals surface area contributed by atoms with Crippen molar-refractivity contribution in [2.24, 2.45) is 0 Å². The van der Waals surface area contributed by atoms with Crippen molar-refractivity contribution < 1.29 is 14.6 Å². The first-order chi connectivity index (χ1) is 9.81. The van der Waals surface area contributed by atoms with Crippen molar-refractivity contribution in [3.05, 3.63) is 35.9 Å². The van der Waals surface area contributed by atoms with E-state index in [2.05, 4.69) is 5.32 Å². The molecule has 0 saturated heterocycles. The number of carbonyl (C=O) groups is 1. The molecule has 2 atom stereocenters. The molecule has 1 unspecified atom stereocenters. The maximum Gasteiger partial charge on any atom is 0.407 e. The number of aliphatic hydroxyl groups excluding tert-OH is 1. The highest BCUT2D eigenvalue weighted by atomic mass is 16.6. The van der Waals surface area contributed by atoms with Crippen molar-refractivity contribution in [2.75, 3.05) is 0 Å². The SMILES string of the molecule is CC(C)(C)OC(=O)N[C@@H](CCc1ccccc1)C(O)C#N. The number of aliphatic hydroxyl groups is 1. The molecule has 1 aromatic carbocycles. The van der Waals surface area contributed by atoms with Gasteiger partial charge in [0.15, 0.2) is 6.10 Å². The number of carbonyl (C=O) groups excluding carboxylic acids is 1. The predicted molar refractivity (Wildman–Crippen MR) is 79.5 cm³/mol. The summed E-state index contributed by atoms with van der Waals surface area (Å²) in [6, 6.07) is 10.8. The Kier molecular flexibility index (Phi) is 6.19. The van der Waals surface area contributed by atoms with Crippen LogP contribution in [0, 0.1) is 11.3 Å². The van der Waals surface area contributed by atoms with Gasteiger partial charge in [0.1, 0.15) is 5.60 Å². The third kappa shape index (κ3) is 6.77. The van der Waals surface area contributed by atoms with Crippen LogP contribution in [0.4, 0.5) is 4.79 Å². The monoisotopic (exact) mass is 290 g/mol. The van der Waals surface area contributed by atoms with E-state index >= 15 is 0 Å². The molecule has 1 aromatic rings. The van der Waals surface area contributed by atoms with Gasteiger partial charge in [0.25, 0.3) is 0 Å². The van der Waals surface area contributed by atoms with Gasteiger partial charge in [-0.05, 0) is 39.2 Å². The van der Waals surface area contributed by atoms with Crippen LogP contribution in [0.25, 0.3) is 0 Å². The number of nitriles is 1. The van der Waals surface area contributed by atoms with Crippen LogP contribution in [0.2, 0.25) is 0 Å². The maximum absolute atomic E-state index is 11.7. The molecule has 114 valence electrons. The minimum atomic E-state index is -1.26. The Morgan fingerprint density at radius 1 is 1.38 bits per heavy atom. The van der Waals surface area contributed by atoms with E-state index < -0.39 is 23.8 Å². The summed E-state index contributed by atoms with van der Waals surface area (Å²) in [5, 5.41) is 21.1. The highest BCUT2D eigenvalue weighted by Gasteiger charge is 2.24. The Hall–Kier alpha value is -2.06. The lowest BCUT2D eigenvalue weighted by atomic mass is 10.0. The van der Waals surface area contributed by atoms with Crippen LogP contribution in [0.3, 0.4) is 0 Å². The number of amides is 1. The third-order valence-corrected chi connectivity index (χ3v) is 2.80.